The molecular weight excluding hydrogens is 226 g/mol. The van der Waals surface area contributed by atoms with E-state index in [2.05, 4.69) is 6.92 Å². The summed E-state index contributed by atoms with van der Waals surface area (Å²) >= 11 is 0. The molecule has 1 heterocycles. The van der Waals surface area contributed by atoms with Gasteiger partial charge in [-0.15, -0.1) is 0 Å². The molecule has 1 N–H and O–H groups in total. The number of rotatable bonds is 1. The summed E-state index contributed by atoms with van der Waals surface area (Å²) in [4.78, 5) is 1.91. The minimum atomic E-state index is -4.14. The summed E-state index contributed by atoms with van der Waals surface area (Å²) in [6, 6.07) is 5.03. The SMILES string of the molecule is CC1Cc2cccc(S(=O)(=O)O)c2N(C)C1. The van der Waals surface area contributed by atoms with E-state index in [1.165, 1.54) is 6.07 Å². The maximum Gasteiger partial charge on any atom is 0.296 e. The molecule has 0 aliphatic carbocycles. The Labute approximate surface area is 95.6 Å². The molecule has 0 amide bonds. The summed E-state index contributed by atoms with van der Waals surface area (Å²) in [5.41, 5.74) is 1.62. The number of benzene rings is 1. The molecule has 1 aromatic carbocycles. The van der Waals surface area contributed by atoms with E-state index >= 15 is 0 Å². The average molecular weight is 241 g/mol. The van der Waals surface area contributed by atoms with Crippen molar-refractivity contribution in [2.45, 2.75) is 18.2 Å². The van der Waals surface area contributed by atoms with Gasteiger partial charge in [0.05, 0.1) is 5.69 Å². The molecule has 16 heavy (non-hydrogen) atoms. The van der Waals surface area contributed by atoms with Gasteiger partial charge >= 0.3 is 0 Å². The summed E-state index contributed by atoms with van der Waals surface area (Å²) in [6.07, 6.45) is 0.850. The zero-order valence-electron chi connectivity index (χ0n) is 9.34. The first-order valence-corrected chi connectivity index (χ1v) is 6.64. The van der Waals surface area contributed by atoms with Crippen molar-refractivity contribution < 1.29 is 13.0 Å². The number of fused-ring (bicyclic) bond motifs is 1. The second-order valence-electron chi connectivity index (χ2n) is 4.43. The molecule has 0 radical (unpaired) electrons. The van der Waals surface area contributed by atoms with Gasteiger partial charge in [0.2, 0.25) is 0 Å². The van der Waals surface area contributed by atoms with Gasteiger partial charge in [0.1, 0.15) is 4.90 Å². The van der Waals surface area contributed by atoms with Gasteiger partial charge in [-0.2, -0.15) is 8.42 Å². The molecule has 1 aliphatic heterocycles. The molecule has 0 saturated heterocycles. The number of hydrogen-bond acceptors (Lipinski definition) is 3. The van der Waals surface area contributed by atoms with Crippen molar-refractivity contribution in [3.8, 4) is 0 Å². The molecule has 1 aliphatic rings. The standard InChI is InChI=1S/C11H15NO3S/c1-8-6-9-4-3-5-10(16(13,14)15)11(9)12(2)7-8/h3-5,8H,6-7H2,1-2H3,(H,13,14,15). The van der Waals surface area contributed by atoms with E-state index in [-0.39, 0.29) is 4.90 Å². The predicted molar refractivity (Wildman–Crippen MR) is 62.4 cm³/mol. The summed E-state index contributed by atoms with van der Waals surface area (Å²) in [7, 11) is -2.29. The predicted octanol–water partition coefficient (Wildman–Crippen LogP) is 1.56. The van der Waals surface area contributed by atoms with Crippen molar-refractivity contribution in [2.75, 3.05) is 18.5 Å². The fourth-order valence-corrected chi connectivity index (χ4v) is 3.15. The van der Waals surface area contributed by atoms with E-state index in [4.69, 9.17) is 0 Å². The number of anilines is 1. The lowest BCUT2D eigenvalue weighted by Crippen LogP contribution is -2.32. The van der Waals surface area contributed by atoms with E-state index in [1.54, 1.807) is 6.07 Å². The molecule has 0 bridgehead atoms. The van der Waals surface area contributed by atoms with E-state index < -0.39 is 10.1 Å². The molecular formula is C11H15NO3S. The average Bonchev–Trinajstić information content (AvgIpc) is 2.14. The van der Waals surface area contributed by atoms with Crippen LogP contribution in [0.4, 0.5) is 5.69 Å². The van der Waals surface area contributed by atoms with E-state index in [9.17, 15) is 13.0 Å². The highest BCUT2D eigenvalue weighted by Gasteiger charge is 2.26. The Bertz CT molecular complexity index is 510. The summed E-state index contributed by atoms with van der Waals surface area (Å²) < 4.78 is 31.7. The van der Waals surface area contributed by atoms with Crippen LogP contribution in [-0.4, -0.2) is 26.6 Å². The lowest BCUT2D eigenvalue weighted by Gasteiger charge is -2.32. The Kier molecular flexibility index (Phi) is 2.67. The number of para-hydroxylation sites is 1. The lowest BCUT2D eigenvalue weighted by molar-refractivity contribution is 0.480. The minimum Gasteiger partial charge on any atom is -0.373 e. The van der Waals surface area contributed by atoms with Crippen molar-refractivity contribution in [3.05, 3.63) is 23.8 Å². The zero-order valence-corrected chi connectivity index (χ0v) is 10.2. The van der Waals surface area contributed by atoms with Gasteiger partial charge in [-0.25, -0.2) is 0 Å². The van der Waals surface area contributed by atoms with Crippen LogP contribution in [0.3, 0.4) is 0 Å². The quantitative estimate of drug-likeness (QED) is 0.758. The third kappa shape index (κ3) is 1.92. The Morgan fingerprint density at radius 3 is 2.75 bits per heavy atom. The molecule has 0 fully saturated rings. The van der Waals surface area contributed by atoms with Gasteiger partial charge in [-0.05, 0) is 24.0 Å². The number of hydrogen-bond donors (Lipinski definition) is 1. The van der Waals surface area contributed by atoms with Crippen molar-refractivity contribution in [2.24, 2.45) is 5.92 Å². The van der Waals surface area contributed by atoms with Crippen LogP contribution >= 0.6 is 0 Å². The summed E-state index contributed by atoms with van der Waals surface area (Å²) in [5, 5.41) is 0. The fraction of sp³-hybridized carbons (Fsp3) is 0.455. The Hall–Kier alpha value is -1.07. The largest absolute Gasteiger partial charge is 0.373 e. The van der Waals surface area contributed by atoms with Crippen molar-refractivity contribution >= 4 is 15.8 Å². The van der Waals surface area contributed by atoms with Crippen LogP contribution in [0.15, 0.2) is 23.1 Å². The van der Waals surface area contributed by atoms with Crippen LogP contribution in [0.1, 0.15) is 12.5 Å². The van der Waals surface area contributed by atoms with Crippen LogP contribution in [0, 0.1) is 5.92 Å². The molecule has 1 unspecified atom stereocenters. The molecule has 0 saturated carbocycles. The summed E-state index contributed by atoms with van der Waals surface area (Å²) in [6.45, 7) is 2.93. The second-order valence-corrected chi connectivity index (χ2v) is 5.82. The van der Waals surface area contributed by atoms with Crippen LogP contribution in [0.2, 0.25) is 0 Å². The van der Waals surface area contributed by atoms with Crippen molar-refractivity contribution in [1.29, 1.82) is 0 Å². The highest BCUT2D eigenvalue weighted by molar-refractivity contribution is 7.86. The molecule has 5 heteroatoms. The number of nitrogens with zero attached hydrogens (tertiary/aromatic N) is 1. The molecule has 0 aromatic heterocycles. The van der Waals surface area contributed by atoms with Gasteiger partial charge in [0.15, 0.2) is 0 Å². The van der Waals surface area contributed by atoms with E-state index in [1.807, 2.05) is 18.0 Å². The highest BCUT2D eigenvalue weighted by atomic mass is 32.2. The first-order chi connectivity index (χ1) is 7.39. The second kappa shape index (κ2) is 3.75. The van der Waals surface area contributed by atoms with Gasteiger partial charge in [-0.1, -0.05) is 19.1 Å². The third-order valence-corrected chi connectivity index (χ3v) is 3.78. The first-order valence-electron chi connectivity index (χ1n) is 5.20. The summed E-state index contributed by atoms with van der Waals surface area (Å²) in [5.74, 6) is 0.495. The van der Waals surface area contributed by atoms with Gasteiger partial charge < -0.3 is 4.90 Å². The smallest absolute Gasteiger partial charge is 0.296 e. The van der Waals surface area contributed by atoms with Crippen molar-refractivity contribution in [1.82, 2.24) is 0 Å². The van der Waals surface area contributed by atoms with E-state index in [0.717, 1.165) is 18.5 Å². The van der Waals surface area contributed by atoms with Crippen LogP contribution in [0.5, 0.6) is 0 Å². The van der Waals surface area contributed by atoms with Crippen LogP contribution in [-0.2, 0) is 16.5 Å². The monoisotopic (exact) mass is 241 g/mol. The Balaban J connectivity index is 2.64. The van der Waals surface area contributed by atoms with Gasteiger partial charge in [0.25, 0.3) is 10.1 Å². The van der Waals surface area contributed by atoms with Crippen LogP contribution < -0.4 is 4.90 Å². The van der Waals surface area contributed by atoms with Crippen LogP contribution in [0.25, 0.3) is 0 Å². The molecule has 88 valence electrons. The topological polar surface area (TPSA) is 57.6 Å². The first kappa shape index (κ1) is 11.4. The highest BCUT2D eigenvalue weighted by Crippen LogP contribution is 2.34. The maximum absolute atomic E-state index is 11.3. The molecule has 4 nitrogen and oxygen atoms in total. The molecule has 1 atom stereocenters. The van der Waals surface area contributed by atoms with Gasteiger partial charge in [-0.3, -0.25) is 4.55 Å². The normalized spacial score (nSPS) is 20.7. The Morgan fingerprint density at radius 2 is 2.12 bits per heavy atom. The maximum atomic E-state index is 11.3. The van der Waals surface area contributed by atoms with Gasteiger partial charge in [0, 0.05) is 13.6 Å². The molecule has 2 rings (SSSR count). The lowest BCUT2D eigenvalue weighted by atomic mass is 9.94. The third-order valence-electron chi connectivity index (χ3n) is 2.90. The zero-order chi connectivity index (χ0) is 11.9. The van der Waals surface area contributed by atoms with Crippen molar-refractivity contribution in [3.63, 3.8) is 0 Å². The minimum absolute atomic E-state index is 0.0133. The Morgan fingerprint density at radius 1 is 1.44 bits per heavy atom. The fourth-order valence-electron chi connectivity index (χ4n) is 2.37. The molecule has 1 aromatic rings. The van der Waals surface area contributed by atoms with E-state index in [0.29, 0.717) is 11.6 Å². The molecule has 0 spiro atoms.